The second kappa shape index (κ2) is 8.28. The number of nitrogens with one attached hydrogen (secondary N) is 2. The van der Waals surface area contributed by atoms with Crippen molar-refractivity contribution in [1.29, 1.82) is 0 Å². The maximum Gasteiger partial charge on any atom is 0.224 e. The van der Waals surface area contributed by atoms with Crippen molar-refractivity contribution < 1.29 is 14.0 Å². The van der Waals surface area contributed by atoms with Crippen LogP contribution in [0.25, 0.3) is 0 Å². The summed E-state index contributed by atoms with van der Waals surface area (Å²) in [4.78, 5) is 24.2. The summed E-state index contributed by atoms with van der Waals surface area (Å²) >= 11 is 0. The van der Waals surface area contributed by atoms with Crippen molar-refractivity contribution in [2.45, 2.75) is 45.1 Å². The maximum absolute atomic E-state index is 13.5. The lowest BCUT2D eigenvalue weighted by molar-refractivity contribution is -0.127. The molecule has 5 heteroatoms. The number of benzene rings is 1. The lowest BCUT2D eigenvalue weighted by Crippen LogP contribution is -2.30. The summed E-state index contributed by atoms with van der Waals surface area (Å²) < 4.78 is 13.5. The molecule has 2 aliphatic rings. The van der Waals surface area contributed by atoms with E-state index in [1.165, 1.54) is 24.5 Å². The van der Waals surface area contributed by atoms with Gasteiger partial charge in [0.1, 0.15) is 5.82 Å². The summed E-state index contributed by atoms with van der Waals surface area (Å²) in [5.41, 5.74) is 1.89. The SMILES string of the molecule is O=C(NCCC1=CCCCC1)C1CC1C(=O)NCc1ccccc1F. The monoisotopic (exact) mass is 344 g/mol. The number of rotatable bonds is 7. The minimum Gasteiger partial charge on any atom is -0.356 e. The topological polar surface area (TPSA) is 58.2 Å². The van der Waals surface area contributed by atoms with Gasteiger partial charge < -0.3 is 10.6 Å². The molecule has 0 aliphatic heterocycles. The van der Waals surface area contributed by atoms with Crippen LogP contribution >= 0.6 is 0 Å². The van der Waals surface area contributed by atoms with E-state index in [4.69, 9.17) is 0 Å². The molecule has 1 aromatic carbocycles. The van der Waals surface area contributed by atoms with E-state index in [0.717, 1.165) is 19.3 Å². The van der Waals surface area contributed by atoms with Crippen LogP contribution in [0.2, 0.25) is 0 Å². The van der Waals surface area contributed by atoms with E-state index >= 15 is 0 Å². The summed E-state index contributed by atoms with van der Waals surface area (Å²) in [6.07, 6.45) is 8.57. The molecular formula is C20H25FN2O2. The Hall–Kier alpha value is -2.17. The van der Waals surface area contributed by atoms with Crippen LogP contribution in [0.1, 0.15) is 44.1 Å². The molecule has 134 valence electrons. The second-order valence-electron chi connectivity index (χ2n) is 6.91. The Morgan fingerprint density at radius 3 is 2.56 bits per heavy atom. The van der Waals surface area contributed by atoms with Crippen molar-refractivity contribution in [3.63, 3.8) is 0 Å². The zero-order chi connectivity index (χ0) is 17.6. The van der Waals surface area contributed by atoms with E-state index < -0.39 is 0 Å². The highest BCUT2D eigenvalue weighted by Crippen LogP contribution is 2.38. The first-order valence-corrected chi connectivity index (χ1v) is 9.12. The molecule has 0 bridgehead atoms. The second-order valence-corrected chi connectivity index (χ2v) is 6.91. The average Bonchev–Trinajstić information content (AvgIpc) is 3.43. The Labute approximate surface area is 147 Å². The van der Waals surface area contributed by atoms with E-state index in [9.17, 15) is 14.0 Å². The minimum absolute atomic E-state index is 0.0394. The van der Waals surface area contributed by atoms with Gasteiger partial charge in [0, 0.05) is 18.7 Å². The molecule has 2 unspecified atom stereocenters. The van der Waals surface area contributed by atoms with Gasteiger partial charge in [-0.05, 0) is 44.6 Å². The van der Waals surface area contributed by atoms with Gasteiger partial charge in [0.25, 0.3) is 0 Å². The summed E-state index contributed by atoms with van der Waals surface area (Å²) in [5, 5.41) is 5.67. The van der Waals surface area contributed by atoms with Gasteiger partial charge >= 0.3 is 0 Å². The highest BCUT2D eigenvalue weighted by molar-refractivity contribution is 5.92. The van der Waals surface area contributed by atoms with Gasteiger partial charge in [0.05, 0.1) is 11.8 Å². The number of carbonyl (C=O) groups is 2. The molecule has 2 N–H and O–H groups in total. The molecule has 0 aromatic heterocycles. The molecule has 1 aromatic rings. The fourth-order valence-electron chi connectivity index (χ4n) is 3.34. The highest BCUT2D eigenvalue weighted by atomic mass is 19.1. The molecule has 4 nitrogen and oxygen atoms in total. The standard InChI is InChI=1S/C20H25FN2O2/c21-18-9-5-4-8-15(18)13-23-20(25)17-12-16(17)19(24)22-11-10-14-6-2-1-3-7-14/h4-6,8-9,16-17H,1-3,7,10-13H2,(H,22,24)(H,23,25). The lowest BCUT2D eigenvalue weighted by atomic mass is 9.97. The minimum atomic E-state index is -0.329. The van der Waals surface area contributed by atoms with E-state index in [0.29, 0.717) is 18.5 Å². The van der Waals surface area contributed by atoms with Gasteiger partial charge in [-0.1, -0.05) is 29.8 Å². The predicted molar refractivity (Wildman–Crippen MR) is 94.0 cm³/mol. The van der Waals surface area contributed by atoms with Crippen LogP contribution < -0.4 is 10.6 Å². The molecule has 0 radical (unpaired) electrons. The zero-order valence-corrected chi connectivity index (χ0v) is 14.4. The molecule has 0 saturated heterocycles. The number of allylic oxidation sites excluding steroid dienone is 1. The van der Waals surface area contributed by atoms with E-state index in [2.05, 4.69) is 16.7 Å². The third kappa shape index (κ3) is 4.91. The molecule has 1 saturated carbocycles. The van der Waals surface area contributed by atoms with Crippen LogP contribution in [0.3, 0.4) is 0 Å². The van der Waals surface area contributed by atoms with Gasteiger partial charge in [0.2, 0.25) is 11.8 Å². The molecule has 2 aliphatic carbocycles. The van der Waals surface area contributed by atoms with Crippen LogP contribution in [-0.2, 0) is 16.1 Å². The first kappa shape index (κ1) is 17.6. The zero-order valence-electron chi connectivity index (χ0n) is 14.4. The molecule has 2 atom stereocenters. The molecule has 0 spiro atoms. The van der Waals surface area contributed by atoms with Gasteiger partial charge in [-0.3, -0.25) is 9.59 Å². The van der Waals surface area contributed by atoms with Gasteiger partial charge in [0.15, 0.2) is 0 Å². The van der Waals surface area contributed by atoms with E-state index in [-0.39, 0.29) is 36.0 Å². The largest absolute Gasteiger partial charge is 0.356 e. The number of halogens is 1. The Bertz CT molecular complexity index is 671. The molecule has 3 rings (SSSR count). The van der Waals surface area contributed by atoms with Gasteiger partial charge in [-0.25, -0.2) is 4.39 Å². The van der Waals surface area contributed by atoms with Crippen LogP contribution in [-0.4, -0.2) is 18.4 Å². The predicted octanol–water partition coefficient (Wildman–Crippen LogP) is 3.08. The van der Waals surface area contributed by atoms with Crippen molar-refractivity contribution in [3.8, 4) is 0 Å². The fraction of sp³-hybridized carbons (Fsp3) is 0.500. The Morgan fingerprint density at radius 2 is 1.84 bits per heavy atom. The number of amides is 2. The fourth-order valence-corrected chi connectivity index (χ4v) is 3.34. The van der Waals surface area contributed by atoms with Crippen LogP contribution in [0.15, 0.2) is 35.9 Å². The third-order valence-corrected chi connectivity index (χ3v) is 5.01. The van der Waals surface area contributed by atoms with E-state index in [1.807, 2.05) is 0 Å². The molecular weight excluding hydrogens is 319 g/mol. The van der Waals surface area contributed by atoms with Crippen molar-refractivity contribution >= 4 is 11.8 Å². The van der Waals surface area contributed by atoms with E-state index in [1.54, 1.807) is 18.2 Å². The number of carbonyl (C=O) groups excluding carboxylic acids is 2. The van der Waals surface area contributed by atoms with Gasteiger partial charge in [-0.2, -0.15) is 0 Å². The highest BCUT2D eigenvalue weighted by Gasteiger charge is 2.47. The van der Waals surface area contributed by atoms with Crippen molar-refractivity contribution in [2.75, 3.05) is 6.54 Å². The Kier molecular flexibility index (Phi) is 5.84. The quantitative estimate of drug-likeness (QED) is 0.747. The van der Waals surface area contributed by atoms with Crippen molar-refractivity contribution in [3.05, 3.63) is 47.3 Å². The Morgan fingerprint density at radius 1 is 1.08 bits per heavy atom. The first-order valence-electron chi connectivity index (χ1n) is 9.12. The lowest BCUT2D eigenvalue weighted by Gasteiger charge is -2.13. The third-order valence-electron chi connectivity index (χ3n) is 5.01. The molecule has 0 heterocycles. The number of hydrogen-bond acceptors (Lipinski definition) is 2. The number of hydrogen-bond donors (Lipinski definition) is 2. The Balaban J connectivity index is 1.36. The first-order chi connectivity index (χ1) is 12.1. The summed E-state index contributed by atoms with van der Waals surface area (Å²) in [6, 6.07) is 6.37. The van der Waals surface area contributed by atoms with Crippen molar-refractivity contribution in [2.24, 2.45) is 11.8 Å². The smallest absolute Gasteiger partial charge is 0.224 e. The molecule has 1 fully saturated rings. The normalized spacial score (nSPS) is 22.0. The van der Waals surface area contributed by atoms with Crippen LogP contribution in [0.4, 0.5) is 4.39 Å². The summed E-state index contributed by atoms with van der Waals surface area (Å²) in [6.45, 7) is 0.801. The van der Waals surface area contributed by atoms with Crippen molar-refractivity contribution in [1.82, 2.24) is 10.6 Å². The summed E-state index contributed by atoms with van der Waals surface area (Å²) in [5.74, 6) is -1.05. The molecule has 2 amide bonds. The maximum atomic E-state index is 13.5. The summed E-state index contributed by atoms with van der Waals surface area (Å²) in [7, 11) is 0. The van der Waals surface area contributed by atoms with Crippen LogP contribution in [0, 0.1) is 17.7 Å². The van der Waals surface area contributed by atoms with Gasteiger partial charge in [-0.15, -0.1) is 0 Å². The average molecular weight is 344 g/mol. The molecule has 25 heavy (non-hydrogen) atoms. The van der Waals surface area contributed by atoms with Crippen LogP contribution in [0.5, 0.6) is 0 Å².